The lowest BCUT2D eigenvalue weighted by Gasteiger charge is -2.34. The first-order valence-electron chi connectivity index (χ1n) is 7.98. The molecule has 1 aromatic heterocycles. The molecule has 4 nitrogen and oxygen atoms in total. The molecule has 1 aliphatic rings. The number of rotatable bonds is 5. The summed E-state index contributed by atoms with van der Waals surface area (Å²) in [5, 5.41) is 9.28. The third-order valence-electron chi connectivity index (χ3n) is 4.51. The number of hydrogen-bond donors (Lipinski definition) is 1. The van der Waals surface area contributed by atoms with Crippen molar-refractivity contribution in [3.63, 3.8) is 0 Å². The summed E-state index contributed by atoms with van der Waals surface area (Å²) in [5.41, 5.74) is 1.22. The topological polar surface area (TPSA) is 53.4 Å². The third-order valence-corrected chi connectivity index (χ3v) is 4.51. The van der Waals surface area contributed by atoms with Gasteiger partial charge < -0.3 is 10.0 Å². The Hall–Kier alpha value is -1.58. The molecule has 1 N–H and O–H groups in total. The predicted molar refractivity (Wildman–Crippen MR) is 85.0 cm³/mol. The highest BCUT2D eigenvalue weighted by molar-refractivity contribution is 5.88. The smallest absolute Gasteiger partial charge is 0.335 e. The molecule has 116 valence electrons. The Labute approximate surface area is 127 Å². The highest BCUT2D eigenvalue weighted by atomic mass is 16.4. The molecule has 0 aromatic carbocycles. The van der Waals surface area contributed by atoms with Crippen LogP contribution in [0.5, 0.6) is 0 Å². The third kappa shape index (κ3) is 3.96. The summed E-state index contributed by atoms with van der Waals surface area (Å²) in [6, 6.07) is 3.89. The second kappa shape index (κ2) is 6.92. The van der Waals surface area contributed by atoms with Gasteiger partial charge in [-0.1, -0.05) is 20.3 Å². The number of aromatic carboxylic acids is 1. The van der Waals surface area contributed by atoms with E-state index in [1.54, 1.807) is 12.1 Å². The molecular formula is C17H26N2O2. The first kappa shape index (κ1) is 15.8. The molecule has 0 aliphatic heterocycles. The molecule has 2 rings (SSSR count). The van der Waals surface area contributed by atoms with Gasteiger partial charge in [0.2, 0.25) is 0 Å². The maximum absolute atomic E-state index is 11.3. The molecular weight excluding hydrogens is 264 g/mol. The Balaban J connectivity index is 2.22. The molecule has 0 unspecified atom stereocenters. The maximum Gasteiger partial charge on any atom is 0.335 e. The second-order valence-electron chi connectivity index (χ2n) is 6.29. The number of carboxylic acid groups (broad SMARTS) is 1. The van der Waals surface area contributed by atoms with Crippen molar-refractivity contribution in [3.05, 3.63) is 23.4 Å². The van der Waals surface area contributed by atoms with Gasteiger partial charge in [-0.15, -0.1) is 0 Å². The van der Waals surface area contributed by atoms with Gasteiger partial charge in [0.1, 0.15) is 5.82 Å². The van der Waals surface area contributed by atoms with Crippen LogP contribution in [0.4, 0.5) is 5.82 Å². The van der Waals surface area contributed by atoms with Gasteiger partial charge in [0, 0.05) is 18.8 Å². The monoisotopic (exact) mass is 290 g/mol. The molecule has 1 fully saturated rings. The van der Waals surface area contributed by atoms with Gasteiger partial charge in [-0.25, -0.2) is 9.78 Å². The zero-order valence-electron chi connectivity index (χ0n) is 13.3. The number of anilines is 1. The highest BCUT2D eigenvalue weighted by Gasteiger charge is 2.23. The van der Waals surface area contributed by atoms with Crippen LogP contribution >= 0.6 is 0 Å². The summed E-state index contributed by atoms with van der Waals surface area (Å²) in [6.07, 6.45) is 6.62. The van der Waals surface area contributed by atoms with E-state index in [-0.39, 0.29) is 0 Å². The van der Waals surface area contributed by atoms with Gasteiger partial charge in [-0.05, 0) is 50.2 Å². The summed E-state index contributed by atoms with van der Waals surface area (Å²) in [5.74, 6) is 0.739. The maximum atomic E-state index is 11.3. The van der Waals surface area contributed by atoms with E-state index in [9.17, 15) is 9.90 Å². The molecule has 1 saturated carbocycles. The minimum atomic E-state index is -0.873. The van der Waals surface area contributed by atoms with Crippen molar-refractivity contribution in [2.45, 2.75) is 58.4 Å². The van der Waals surface area contributed by atoms with E-state index in [1.165, 1.54) is 25.7 Å². The van der Waals surface area contributed by atoms with Crippen LogP contribution < -0.4 is 4.90 Å². The number of pyridine rings is 1. The minimum Gasteiger partial charge on any atom is -0.478 e. The predicted octanol–water partition coefficient (Wildman–Crippen LogP) is 3.75. The summed E-state index contributed by atoms with van der Waals surface area (Å²) >= 11 is 0. The SMILES string of the molecule is CCCc1cc(C(=O)O)cc(N(C)C2CCC(C)CC2)n1. The fourth-order valence-corrected chi connectivity index (χ4v) is 3.08. The van der Waals surface area contributed by atoms with Gasteiger partial charge >= 0.3 is 5.97 Å². The standard InChI is InChI=1S/C17H26N2O2/c1-4-5-14-10-13(17(20)21)11-16(18-14)19(3)15-8-6-12(2)7-9-15/h10-12,15H,4-9H2,1-3H3,(H,20,21). The van der Waals surface area contributed by atoms with Crippen molar-refractivity contribution in [3.8, 4) is 0 Å². The first-order valence-corrected chi connectivity index (χ1v) is 7.98. The Morgan fingerprint density at radius 3 is 2.57 bits per heavy atom. The molecule has 1 aromatic rings. The van der Waals surface area contributed by atoms with Crippen molar-refractivity contribution in [1.82, 2.24) is 4.98 Å². The van der Waals surface area contributed by atoms with Crippen LogP contribution in [0.2, 0.25) is 0 Å². The van der Waals surface area contributed by atoms with Crippen LogP contribution in [0.3, 0.4) is 0 Å². The Kier molecular flexibility index (Phi) is 5.21. The van der Waals surface area contributed by atoms with E-state index in [0.29, 0.717) is 11.6 Å². The zero-order valence-corrected chi connectivity index (χ0v) is 13.3. The normalized spacial score (nSPS) is 22.0. The molecule has 21 heavy (non-hydrogen) atoms. The van der Waals surface area contributed by atoms with Crippen LogP contribution in [-0.4, -0.2) is 29.1 Å². The molecule has 0 spiro atoms. The molecule has 1 aliphatic carbocycles. The highest BCUT2D eigenvalue weighted by Crippen LogP contribution is 2.29. The van der Waals surface area contributed by atoms with Crippen molar-refractivity contribution >= 4 is 11.8 Å². The molecule has 1 heterocycles. The van der Waals surface area contributed by atoms with Crippen LogP contribution in [0.25, 0.3) is 0 Å². The Bertz CT molecular complexity index is 494. The number of aryl methyl sites for hydroxylation is 1. The molecule has 0 bridgehead atoms. The van der Waals surface area contributed by atoms with E-state index in [0.717, 1.165) is 30.3 Å². The first-order chi connectivity index (χ1) is 10.0. The fraction of sp³-hybridized carbons (Fsp3) is 0.647. The number of carbonyl (C=O) groups is 1. The van der Waals surface area contributed by atoms with Gasteiger partial charge in [-0.2, -0.15) is 0 Å². The summed E-state index contributed by atoms with van der Waals surface area (Å²) in [7, 11) is 2.05. The van der Waals surface area contributed by atoms with E-state index >= 15 is 0 Å². The lowest BCUT2D eigenvalue weighted by molar-refractivity contribution is 0.0696. The molecule has 4 heteroatoms. The molecule has 0 saturated heterocycles. The molecule has 0 amide bonds. The van der Waals surface area contributed by atoms with Crippen LogP contribution in [0.1, 0.15) is 62.0 Å². The van der Waals surface area contributed by atoms with Crippen molar-refractivity contribution in [2.24, 2.45) is 5.92 Å². The fourth-order valence-electron chi connectivity index (χ4n) is 3.08. The van der Waals surface area contributed by atoms with E-state index < -0.39 is 5.97 Å². The van der Waals surface area contributed by atoms with Gasteiger partial charge in [0.25, 0.3) is 0 Å². The largest absolute Gasteiger partial charge is 0.478 e. The summed E-state index contributed by atoms with van der Waals surface area (Å²) in [6.45, 7) is 4.39. The Morgan fingerprint density at radius 1 is 1.33 bits per heavy atom. The lowest BCUT2D eigenvalue weighted by Crippen LogP contribution is -2.35. The van der Waals surface area contributed by atoms with Crippen molar-refractivity contribution < 1.29 is 9.90 Å². The van der Waals surface area contributed by atoms with Crippen molar-refractivity contribution in [2.75, 3.05) is 11.9 Å². The van der Waals surface area contributed by atoms with Crippen LogP contribution in [-0.2, 0) is 6.42 Å². The van der Waals surface area contributed by atoms with E-state index in [2.05, 4.69) is 23.7 Å². The van der Waals surface area contributed by atoms with Crippen LogP contribution in [0.15, 0.2) is 12.1 Å². The number of carboxylic acids is 1. The average Bonchev–Trinajstić information content (AvgIpc) is 2.47. The summed E-state index contributed by atoms with van der Waals surface area (Å²) < 4.78 is 0. The van der Waals surface area contributed by atoms with Crippen molar-refractivity contribution in [1.29, 1.82) is 0 Å². The van der Waals surface area contributed by atoms with Gasteiger partial charge in [-0.3, -0.25) is 0 Å². The molecule has 0 atom stereocenters. The Morgan fingerprint density at radius 2 is 2.00 bits per heavy atom. The van der Waals surface area contributed by atoms with E-state index in [4.69, 9.17) is 0 Å². The van der Waals surface area contributed by atoms with E-state index in [1.807, 2.05) is 7.05 Å². The quantitative estimate of drug-likeness (QED) is 0.897. The van der Waals surface area contributed by atoms with Gasteiger partial charge in [0.05, 0.1) is 5.56 Å². The lowest BCUT2D eigenvalue weighted by atomic mass is 9.87. The number of nitrogens with zero attached hydrogens (tertiary/aromatic N) is 2. The van der Waals surface area contributed by atoms with Gasteiger partial charge in [0.15, 0.2) is 0 Å². The number of hydrogen-bond acceptors (Lipinski definition) is 3. The average molecular weight is 290 g/mol. The molecule has 0 radical (unpaired) electrons. The van der Waals surface area contributed by atoms with Crippen LogP contribution in [0, 0.1) is 5.92 Å². The minimum absolute atomic E-state index is 0.347. The summed E-state index contributed by atoms with van der Waals surface area (Å²) in [4.78, 5) is 18.1. The second-order valence-corrected chi connectivity index (χ2v) is 6.29. The number of aromatic nitrogens is 1. The zero-order chi connectivity index (χ0) is 15.4.